The highest BCUT2D eigenvalue weighted by Crippen LogP contribution is 2.24. The van der Waals surface area contributed by atoms with E-state index in [4.69, 9.17) is 9.84 Å². The summed E-state index contributed by atoms with van der Waals surface area (Å²) in [7, 11) is 0. The maximum Gasteiger partial charge on any atom is 0.341 e. The number of hydrogen-bond donors (Lipinski definition) is 1. The molecule has 0 fully saturated rings. The second-order valence-electron chi connectivity index (χ2n) is 4.82. The summed E-state index contributed by atoms with van der Waals surface area (Å²) in [6.45, 7) is 5.12. The van der Waals surface area contributed by atoms with Crippen LogP contribution in [0.25, 0.3) is 10.9 Å². The molecule has 0 aliphatic rings. The van der Waals surface area contributed by atoms with Crippen molar-refractivity contribution < 1.29 is 14.6 Å². The summed E-state index contributed by atoms with van der Waals surface area (Å²) in [5.74, 6) is -0.585. The Bertz CT molecular complexity index is 718. The van der Waals surface area contributed by atoms with E-state index in [0.29, 0.717) is 29.8 Å². The SMILES string of the molecule is CCCCOc1cccc2c(=O)c(C(=O)O)cn(CC)c12. The number of carbonyl (C=O) groups is 1. The predicted molar refractivity (Wildman–Crippen MR) is 81.2 cm³/mol. The fraction of sp³-hybridized carbons (Fsp3) is 0.375. The number of ether oxygens (including phenoxy) is 1. The first-order chi connectivity index (χ1) is 10.1. The first kappa shape index (κ1) is 15.1. The number of aromatic carboxylic acids is 1. The lowest BCUT2D eigenvalue weighted by molar-refractivity contribution is 0.0695. The van der Waals surface area contributed by atoms with Gasteiger partial charge in [-0.25, -0.2) is 4.79 Å². The number of unbranched alkanes of at least 4 members (excludes halogenated alkanes) is 1. The van der Waals surface area contributed by atoms with Crippen molar-refractivity contribution in [3.8, 4) is 5.75 Å². The van der Waals surface area contributed by atoms with Gasteiger partial charge in [-0.3, -0.25) is 4.79 Å². The Kier molecular flexibility index (Phi) is 4.62. The van der Waals surface area contributed by atoms with Gasteiger partial charge in [-0.2, -0.15) is 0 Å². The normalized spacial score (nSPS) is 10.8. The molecule has 0 saturated heterocycles. The van der Waals surface area contributed by atoms with E-state index in [-0.39, 0.29) is 5.56 Å². The average Bonchev–Trinajstić information content (AvgIpc) is 2.48. The number of carboxylic acid groups (broad SMARTS) is 1. The van der Waals surface area contributed by atoms with Gasteiger partial charge in [-0.1, -0.05) is 19.4 Å². The van der Waals surface area contributed by atoms with Crippen LogP contribution in [0.3, 0.4) is 0 Å². The maximum absolute atomic E-state index is 12.3. The summed E-state index contributed by atoms with van der Waals surface area (Å²) in [6.07, 6.45) is 3.34. The summed E-state index contributed by atoms with van der Waals surface area (Å²) in [6, 6.07) is 5.17. The Labute approximate surface area is 122 Å². The molecule has 1 N–H and O–H groups in total. The van der Waals surface area contributed by atoms with E-state index in [1.165, 1.54) is 6.20 Å². The van der Waals surface area contributed by atoms with Crippen LogP contribution >= 0.6 is 0 Å². The highest BCUT2D eigenvalue weighted by atomic mass is 16.5. The van der Waals surface area contributed by atoms with E-state index in [9.17, 15) is 9.59 Å². The van der Waals surface area contributed by atoms with Crippen molar-refractivity contribution in [2.24, 2.45) is 0 Å². The molecular weight excluding hydrogens is 270 g/mol. The first-order valence-electron chi connectivity index (χ1n) is 7.12. The molecule has 0 unspecified atom stereocenters. The summed E-state index contributed by atoms with van der Waals surface area (Å²) >= 11 is 0. The van der Waals surface area contributed by atoms with E-state index in [2.05, 4.69) is 6.92 Å². The number of aromatic nitrogens is 1. The van der Waals surface area contributed by atoms with Crippen molar-refractivity contribution in [1.29, 1.82) is 0 Å². The zero-order chi connectivity index (χ0) is 15.4. The first-order valence-corrected chi connectivity index (χ1v) is 7.12. The highest BCUT2D eigenvalue weighted by molar-refractivity contribution is 5.94. The van der Waals surface area contributed by atoms with Gasteiger partial charge in [-0.05, 0) is 25.5 Å². The van der Waals surface area contributed by atoms with Crippen molar-refractivity contribution in [3.05, 3.63) is 40.2 Å². The molecule has 0 saturated carbocycles. The van der Waals surface area contributed by atoms with Crippen LogP contribution in [0, 0.1) is 0 Å². The van der Waals surface area contributed by atoms with Gasteiger partial charge in [0.15, 0.2) is 0 Å². The minimum absolute atomic E-state index is 0.213. The largest absolute Gasteiger partial charge is 0.491 e. The van der Waals surface area contributed by atoms with Crippen molar-refractivity contribution in [2.75, 3.05) is 6.61 Å². The number of carboxylic acids is 1. The lowest BCUT2D eigenvalue weighted by Crippen LogP contribution is -2.19. The molecule has 0 radical (unpaired) electrons. The topological polar surface area (TPSA) is 68.5 Å². The minimum atomic E-state index is -1.21. The fourth-order valence-corrected chi connectivity index (χ4v) is 2.27. The molecule has 5 heteroatoms. The van der Waals surface area contributed by atoms with Crippen LogP contribution < -0.4 is 10.2 Å². The molecule has 0 amide bonds. The van der Waals surface area contributed by atoms with E-state index >= 15 is 0 Å². The summed E-state index contributed by atoms with van der Waals surface area (Å²) in [5.41, 5.74) is -0.0238. The molecule has 0 spiro atoms. The number of nitrogens with zero attached hydrogens (tertiary/aromatic N) is 1. The van der Waals surface area contributed by atoms with E-state index in [1.807, 2.05) is 13.0 Å². The Balaban J connectivity index is 2.66. The molecule has 112 valence electrons. The Morgan fingerprint density at radius 2 is 2.10 bits per heavy atom. The number of hydrogen-bond acceptors (Lipinski definition) is 3. The average molecular weight is 289 g/mol. The maximum atomic E-state index is 12.3. The third-order valence-electron chi connectivity index (χ3n) is 3.39. The van der Waals surface area contributed by atoms with Crippen LogP contribution in [-0.4, -0.2) is 22.2 Å². The van der Waals surface area contributed by atoms with E-state index in [0.717, 1.165) is 12.8 Å². The van der Waals surface area contributed by atoms with Gasteiger partial charge in [0.05, 0.1) is 17.5 Å². The van der Waals surface area contributed by atoms with Gasteiger partial charge in [0.2, 0.25) is 5.43 Å². The molecular formula is C16H19NO4. The van der Waals surface area contributed by atoms with Crippen molar-refractivity contribution in [2.45, 2.75) is 33.2 Å². The Morgan fingerprint density at radius 3 is 2.71 bits per heavy atom. The third kappa shape index (κ3) is 2.91. The lowest BCUT2D eigenvalue weighted by Gasteiger charge is -2.14. The molecule has 0 bridgehead atoms. The Hall–Kier alpha value is -2.30. The fourth-order valence-electron chi connectivity index (χ4n) is 2.27. The molecule has 2 rings (SSSR count). The second kappa shape index (κ2) is 6.43. The molecule has 0 aliphatic heterocycles. The molecule has 1 heterocycles. The van der Waals surface area contributed by atoms with Gasteiger partial charge in [-0.15, -0.1) is 0 Å². The van der Waals surface area contributed by atoms with Crippen LogP contribution in [0.4, 0.5) is 0 Å². The van der Waals surface area contributed by atoms with Crippen molar-refractivity contribution in [3.63, 3.8) is 0 Å². The van der Waals surface area contributed by atoms with E-state index in [1.54, 1.807) is 16.7 Å². The highest BCUT2D eigenvalue weighted by Gasteiger charge is 2.16. The molecule has 21 heavy (non-hydrogen) atoms. The molecule has 0 atom stereocenters. The third-order valence-corrected chi connectivity index (χ3v) is 3.39. The second-order valence-corrected chi connectivity index (χ2v) is 4.82. The summed E-state index contributed by atoms with van der Waals surface area (Å²) in [4.78, 5) is 23.5. The monoisotopic (exact) mass is 289 g/mol. The number of fused-ring (bicyclic) bond motifs is 1. The number of pyridine rings is 1. The Morgan fingerprint density at radius 1 is 1.33 bits per heavy atom. The van der Waals surface area contributed by atoms with Gasteiger partial charge in [0.1, 0.15) is 11.3 Å². The van der Waals surface area contributed by atoms with Crippen LogP contribution in [-0.2, 0) is 6.54 Å². The molecule has 1 aromatic carbocycles. The number of rotatable bonds is 6. The summed E-state index contributed by atoms with van der Waals surface area (Å²) < 4.78 is 7.50. The van der Waals surface area contributed by atoms with Crippen LogP contribution in [0.15, 0.2) is 29.2 Å². The standard InChI is InChI=1S/C16H19NO4/c1-3-5-9-21-13-8-6-7-11-14(13)17(4-2)10-12(15(11)18)16(19)20/h6-8,10H,3-5,9H2,1-2H3,(H,19,20). The van der Waals surface area contributed by atoms with E-state index < -0.39 is 11.4 Å². The predicted octanol–water partition coefficient (Wildman–Crippen LogP) is 2.90. The summed E-state index contributed by atoms with van der Waals surface area (Å²) in [5, 5.41) is 9.52. The van der Waals surface area contributed by atoms with Gasteiger partial charge in [0.25, 0.3) is 0 Å². The number of benzene rings is 1. The molecule has 1 aromatic heterocycles. The lowest BCUT2D eigenvalue weighted by atomic mass is 10.1. The smallest absolute Gasteiger partial charge is 0.341 e. The van der Waals surface area contributed by atoms with Crippen LogP contribution in [0.2, 0.25) is 0 Å². The quantitative estimate of drug-likeness (QED) is 0.830. The number of para-hydroxylation sites is 1. The molecule has 2 aromatic rings. The van der Waals surface area contributed by atoms with Gasteiger partial charge in [0, 0.05) is 12.7 Å². The van der Waals surface area contributed by atoms with Crippen molar-refractivity contribution >= 4 is 16.9 Å². The minimum Gasteiger partial charge on any atom is -0.491 e. The van der Waals surface area contributed by atoms with Crippen molar-refractivity contribution in [1.82, 2.24) is 4.57 Å². The number of aryl methyl sites for hydroxylation is 1. The molecule has 0 aliphatic carbocycles. The van der Waals surface area contributed by atoms with Crippen LogP contribution in [0.1, 0.15) is 37.0 Å². The zero-order valence-corrected chi connectivity index (χ0v) is 12.3. The molecule has 5 nitrogen and oxygen atoms in total. The van der Waals surface area contributed by atoms with Crippen LogP contribution in [0.5, 0.6) is 5.75 Å². The van der Waals surface area contributed by atoms with Gasteiger partial charge >= 0.3 is 5.97 Å². The zero-order valence-electron chi connectivity index (χ0n) is 12.3. The van der Waals surface area contributed by atoms with Gasteiger partial charge < -0.3 is 14.4 Å².